The van der Waals surface area contributed by atoms with Crippen molar-refractivity contribution in [2.75, 3.05) is 13.7 Å². The molecule has 2 rings (SSSR count). The number of nitrogens with one attached hydrogen (secondary N) is 1. The molecule has 1 atom stereocenters. The van der Waals surface area contributed by atoms with Gasteiger partial charge in [0.15, 0.2) is 18.2 Å². The molecule has 0 aliphatic rings. The van der Waals surface area contributed by atoms with Crippen LogP contribution in [0.25, 0.3) is 0 Å². The van der Waals surface area contributed by atoms with Crippen LogP contribution in [0.5, 0.6) is 5.75 Å². The Kier molecular flexibility index (Phi) is 6.71. The molecule has 0 spiro atoms. The summed E-state index contributed by atoms with van der Waals surface area (Å²) in [7, 11) is -2.50. The summed E-state index contributed by atoms with van der Waals surface area (Å²) < 4.78 is 45.7. The van der Waals surface area contributed by atoms with Crippen molar-refractivity contribution in [3.05, 3.63) is 59.4 Å². The maximum Gasteiger partial charge on any atom is 0.338 e. The van der Waals surface area contributed by atoms with E-state index in [-0.39, 0.29) is 16.2 Å². The highest BCUT2D eigenvalue weighted by Crippen LogP contribution is 2.18. The van der Waals surface area contributed by atoms with Crippen LogP contribution < -0.4 is 15.2 Å². The van der Waals surface area contributed by atoms with E-state index in [4.69, 9.17) is 14.6 Å². The first-order chi connectivity index (χ1) is 13.1. The standard InChI is InChI=1S/C18H19FN2O6S/c1-11(12-3-6-14(7-4-12)28(20,24)25)21-17(22)10-27-18(23)13-5-8-16(26-2)15(19)9-13/h3-9,11H,10H2,1-2H3,(H,21,22)(H2,20,24,25)/t11-/m1/s1. The smallest absolute Gasteiger partial charge is 0.338 e. The Morgan fingerprint density at radius 2 is 1.82 bits per heavy atom. The van der Waals surface area contributed by atoms with Crippen LogP contribution in [-0.4, -0.2) is 34.0 Å². The van der Waals surface area contributed by atoms with Gasteiger partial charge < -0.3 is 14.8 Å². The molecule has 28 heavy (non-hydrogen) atoms. The van der Waals surface area contributed by atoms with Crippen LogP contribution in [-0.2, 0) is 19.6 Å². The van der Waals surface area contributed by atoms with E-state index >= 15 is 0 Å². The van der Waals surface area contributed by atoms with Gasteiger partial charge in [-0.2, -0.15) is 0 Å². The first-order valence-electron chi connectivity index (χ1n) is 8.04. The fraction of sp³-hybridized carbons (Fsp3) is 0.222. The molecule has 0 aliphatic carbocycles. The number of halogens is 1. The number of benzene rings is 2. The van der Waals surface area contributed by atoms with Crippen molar-refractivity contribution in [1.82, 2.24) is 5.32 Å². The molecule has 150 valence electrons. The normalized spacial score (nSPS) is 12.1. The van der Waals surface area contributed by atoms with Gasteiger partial charge in [-0.25, -0.2) is 22.7 Å². The minimum Gasteiger partial charge on any atom is -0.494 e. The van der Waals surface area contributed by atoms with E-state index in [0.717, 1.165) is 6.07 Å². The zero-order valence-corrected chi connectivity index (χ0v) is 16.0. The number of hydrogen-bond acceptors (Lipinski definition) is 6. The number of carbonyl (C=O) groups excluding carboxylic acids is 2. The molecule has 0 aliphatic heterocycles. The molecule has 1 amide bonds. The molecule has 0 aromatic heterocycles. The van der Waals surface area contributed by atoms with Crippen LogP contribution in [0.15, 0.2) is 47.4 Å². The van der Waals surface area contributed by atoms with Crippen molar-refractivity contribution in [2.45, 2.75) is 17.9 Å². The van der Waals surface area contributed by atoms with Gasteiger partial charge in [0.25, 0.3) is 5.91 Å². The average Bonchev–Trinajstić information content (AvgIpc) is 2.65. The van der Waals surface area contributed by atoms with Crippen molar-refractivity contribution >= 4 is 21.9 Å². The van der Waals surface area contributed by atoms with E-state index in [2.05, 4.69) is 5.32 Å². The molecule has 10 heteroatoms. The third-order valence-electron chi connectivity index (χ3n) is 3.81. The van der Waals surface area contributed by atoms with Crippen LogP contribution in [0.4, 0.5) is 4.39 Å². The monoisotopic (exact) mass is 410 g/mol. The number of methoxy groups -OCH3 is 1. The fourth-order valence-corrected chi connectivity index (χ4v) is 2.84. The van der Waals surface area contributed by atoms with Crippen LogP contribution in [0, 0.1) is 5.82 Å². The Labute approximate surface area is 161 Å². The molecule has 0 heterocycles. The minimum absolute atomic E-state index is 0.0171. The first kappa shape index (κ1) is 21.3. The summed E-state index contributed by atoms with van der Waals surface area (Å²) in [6.45, 7) is 1.11. The highest BCUT2D eigenvalue weighted by Gasteiger charge is 2.15. The second-order valence-corrected chi connectivity index (χ2v) is 7.39. The molecule has 0 bridgehead atoms. The van der Waals surface area contributed by atoms with Gasteiger partial charge in [0, 0.05) is 0 Å². The summed E-state index contributed by atoms with van der Waals surface area (Å²) in [6, 6.07) is 8.75. The highest BCUT2D eigenvalue weighted by atomic mass is 32.2. The highest BCUT2D eigenvalue weighted by molar-refractivity contribution is 7.89. The van der Waals surface area contributed by atoms with Gasteiger partial charge in [0.05, 0.1) is 23.6 Å². The number of esters is 1. The summed E-state index contributed by atoms with van der Waals surface area (Å²) in [5, 5.41) is 7.63. The molecule has 0 radical (unpaired) electrons. The van der Waals surface area contributed by atoms with Crippen LogP contribution in [0.2, 0.25) is 0 Å². The van der Waals surface area contributed by atoms with E-state index in [9.17, 15) is 22.4 Å². The Bertz CT molecular complexity index is 976. The number of nitrogens with two attached hydrogens (primary N) is 1. The molecule has 0 unspecified atom stereocenters. The molecule has 2 aromatic rings. The molecule has 8 nitrogen and oxygen atoms in total. The summed E-state index contributed by atoms with van der Waals surface area (Å²) in [5.41, 5.74) is 0.571. The number of rotatable bonds is 7. The third-order valence-corrected chi connectivity index (χ3v) is 4.74. The maximum atomic E-state index is 13.6. The lowest BCUT2D eigenvalue weighted by molar-refractivity contribution is -0.124. The van der Waals surface area contributed by atoms with Gasteiger partial charge >= 0.3 is 5.97 Å². The van der Waals surface area contributed by atoms with Crippen molar-refractivity contribution in [3.63, 3.8) is 0 Å². The number of ether oxygens (including phenoxy) is 2. The lowest BCUT2D eigenvalue weighted by Crippen LogP contribution is -2.31. The minimum atomic E-state index is -3.80. The number of hydrogen-bond donors (Lipinski definition) is 2. The Morgan fingerprint density at radius 1 is 1.18 bits per heavy atom. The van der Waals surface area contributed by atoms with Crippen LogP contribution in [0.1, 0.15) is 28.9 Å². The van der Waals surface area contributed by atoms with Gasteiger partial charge in [-0.3, -0.25) is 4.79 Å². The molecule has 0 saturated heterocycles. The molecule has 0 saturated carbocycles. The number of amides is 1. The van der Waals surface area contributed by atoms with Crippen molar-refractivity contribution in [3.8, 4) is 5.75 Å². The lowest BCUT2D eigenvalue weighted by atomic mass is 10.1. The summed E-state index contributed by atoms with van der Waals surface area (Å²) in [5.74, 6) is -2.18. The van der Waals surface area contributed by atoms with E-state index in [1.54, 1.807) is 6.92 Å². The number of sulfonamides is 1. The van der Waals surface area contributed by atoms with Crippen molar-refractivity contribution < 1.29 is 31.9 Å². The van der Waals surface area contributed by atoms with E-state index in [0.29, 0.717) is 5.56 Å². The quantitative estimate of drug-likeness (QED) is 0.667. The molecule has 0 fully saturated rings. The van der Waals surface area contributed by atoms with Gasteiger partial charge in [-0.1, -0.05) is 12.1 Å². The first-order valence-corrected chi connectivity index (χ1v) is 9.59. The SMILES string of the molecule is COc1ccc(C(=O)OCC(=O)N[C@H](C)c2ccc(S(N)(=O)=O)cc2)cc1F. The van der Waals surface area contributed by atoms with E-state index in [1.807, 2.05) is 0 Å². The average molecular weight is 410 g/mol. The predicted octanol–water partition coefficient (Wildman–Crippen LogP) is 1.52. The molecular weight excluding hydrogens is 391 g/mol. The Hall–Kier alpha value is -2.98. The molecular formula is C18H19FN2O6S. The van der Waals surface area contributed by atoms with Crippen LogP contribution in [0.3, 0.4) is 0 Å². The maximum absolute atomic E-state index is 13.6. The topological polar surface area (TPSA) is 125 Å². The van der Waals surface area contributed by atoms with Gasteiger partial charge in [0.2, 0.25) is 10.0 Å². The summed E-state index contributed by atoms with van der Waals surface area (Å²) >= 11 is 0. The number of primary sulfonamides is 1. The zero-order chi connectivity index (χ0) is 20.9. The molecule has 3 N–H and O–H groups in total. The third kappa shape index (κ3) is 5.51. The lowest BCUT2D eigenvalue weighted by Gasteiger charge is -2.15. The Balaban J connectivity index is 1.91. The largest absolute Gasteiger partial charge is 0.494 e. The Morgan fingerprint density at radius 3 is 2.36 bits per heavy atom. The fourth-order valence-electron chi connectivity index (χ4n) is 2.32. The van der Waals surface area contributed by atoms with Gasteiger partial charge in [0.1, 0.15) is 0 Å². The summed E-state index contributed by atoms with van der Waals surface area (Å²) in [6.07, 6.45) is 0. The van der Waals surface area contributed by atoms with E-state index < -0.39 is 40.4 Å². The van der Waals surface area contributed by atoms with Crippen molar-refractivity contribution in [2.24, 2.45) is 5.14 Å². The summed E-state index contributed by atoms with van der Waals surface area (Å²) in [4.78, 5) is 23.8. The zero-order valence-electron chi connectivity index (χ0n) is 15.1. The van der Waals surface area contributed by atoms with Gasteiger partial charge in [-0.05, 0) is 42.8 Å². The van der Waals surface area contributed by atoms with Crippen molar-refractivity contribution in [1.29, 1.82) is 0 Å². The second-order valence-electron chi connectivity index (χ2n) is 5.83. The second kappa shape index (κ2) is 8.81. The van der Waals surface area contributed by atoms with Gasteiger partial charge in [-0.15, -0.1) is 0 Å². The number of carbonyl (C=O) groups is 2. The molecule has 2 aromatic carbocycles. The predicted molar refractivity (Wildman–Crippen MR) is 97.6 cm³/mol. The van der Waals surface area contributed by atoms with Crippen LogP contribution >= 0.6 is 0 Å². The van der Waals surface area contributed by atoms with E-state index in [1.165, 1.54) is 43.5 Å².